The molecule has 2 rings (SSSR count). The molecule has 0 spiro atoms. The molecule has 18 heavy (non-hydrogen) atoms. The molecule has 1 saturated carbocycles. The largest absolute Gasteiger partial charge is 0.378 e. The van der Waals surface area contributed by atoms with Crippen LogP contribution in [0.4, 0.5) is 0 Å². The molecule has 0 aromatic heterocycles. The predicted molar refractivity (Wildman–Crippen MR) is 75.6 cm³/mol. The van der Waals surface area contributed by atoms with Crippen molar-refractivity contribution in [2.75, 3.05) is 26.3 Å². The van der Waals surface area contributed by atoms with Crippen molar-refractivity contribution in [3.63, 3.8) is 0 Å². The summed E-state index contributed by atoms with van der Waals surface area (Å²) in [6.07, 6.45) is 9.61. The summed E-state index contributed by atoms with van der Waals surface area (Å²) in [6.45, 7) is 5.96. The topological polar surface area (TPSA) is 38.5 Å². The lowest BCUT2D eigenvalue weighted by Crippen LogP contribution is -2.55. The van der Waals surface area contributed by atoms with Crippen LogP contribution in [0.1, 0.15) is 51.9 Å². The molecule has 2 N–H and O–H groups in total. The first-order valence-corrected chi connectivity index (χ1v) is 7.90. The van der Waals surface area contributed by atoms with Gasteiger partial charge in [-0.25, -0.2) is 0 Å². The van der Waals surface area contributed by atoms with Crippen molar-refractivity contribution < 1.29 is 4.74 Å². The van der Waals surface area contributed by atoms with Crippen molar-refractivity contribution >= 4 is 0 Å². The molecule has 3 heteroatoms. The first-order valence-electron chi connectivity index (χ1n) is 7.90. The van der Waals surface area contributed by atoms with E-state index in [1.807, 2.05) is 0 Å². The van der Waals surface area contributed by atoms with Crippen molar-refractivity contribution in [3.8, 4) is 0 Å². The second-order valence-electron chi connectivity index (χ2n) is 5.93. The van der Waals surface area contributed by atoms with E-state index in [-0.39, 0.29) is 0 Å². The Hall–Kier alpha value is -0.120. The Morgan fingerprint density at radius 3 is 2.56 bits per heavy atom. The van der Waals surface area contributed by atoms with E-state index in [9.17, 15) is 0 Å². The van der Waals surface area contributed by atoms with E-state index < -0.39 is 0 Å². The summed E-state index contributed by atoms with van der Waals surface area (Å²) in [5, 5.41) is 0. The van der Waals surface area contributed by atoms with Gasteiger partial charge in [0.05, 0.1) is 13.2 Å². The summed E-state index contributed by atoms with van der Waals surface area (Å²) >= 11 is 0. The molecule has 0 aromatic carbocycles. The monoisotopic (exact) mass is 254 g/mol. The van der Waals surface area contributed by atoms with Crippen LogP contribution >= 0.6 is 0 Å². The van der Waals surface area contributed by atoms with Crippen LogP contribution in [0.2, 0.25) is 0 Å². The lowest BCUT2D eigenvalue weighted by Gasteiger charge is -2.43. The standard InChI is InChI=1S/C15H30N2O/c1-2-14-12-18-10-9-17(14)15(11-16)13-7-5-3-4-6-8-13/h13-15H,2-12,16H2,1H3. The highest BCUT2D eigenvalue weighted by Crippen LogP contribution is 2.29. The number of nitrogens with zero attached hydrogens (tertiary/aromatic N) is 1. The molecule has 3 nitrogen and oxygen atoms in total. The van der Waals surface area contributed by atoms with Crippen LogP contribution in [0.5, 0.6) is 0 Å². The van der Waals surface area contributed by atoms with Crippen LogP contribution in [-0.2, 0) is 4.74 Å². The number of morpholine rings is 1. The van der Waals surface area contributed by atoms with Crippen molar-refractivity contribution in [3.05, 3.63) is 0 Å². The molecule has 1 saturated heterocycles. The van der Waals surface area contributed by atoms with Gasteiger partial charge in [0.15, 0.2) is 0 Å². The lowest BCUT2D eigenvalue weighted by atomic mass is 9.89. The number of hydrogen-bond donors (Lipinski definition) is 1. The highest BCUT2D eigenvalue weighted by molar-refractivity contribution is 4.87. The van der Waals surface area contributed by atoms with Crippen molar-refractivity contribution in [1.82, 2.24) is 4.90 Å². The van der Waals surface area contributed by atoms with E-state index in [0.29, 0.717) is 12.1 Å². The van der Waals surface area contributed by atoms with Crippen LogP contribution < -0.4 is 5.73 Å². The second kappa shape index (κ2) is 7.46. The Labute approximate surface area is 112 Å². The zero-order chi connectivity index (χ0) is 12.8. The fourth-order valence-electron chi connectivity index (χ4n) is 3.75. The molecule has 2 unspecified atom stereocenters. The molecule has 1 aliphatic carbocycles. The van der Waals surface area contributed by atoms with Gasteiger partial charge in [0.25, 0.3) is 0 Å². The molecular weight excluding hydrogens is 224 g/mol. The van der Waals surface area contributed by atoms with Crippen LogP contribution in [0, 0.1) is 5.92 Å². The lowest BCUT2D eigenvalue weighted by molar-refractivity contribution is -0.0418. The molecular formula is C15H30N2O. The smallest absolute Gasteiger partial charge is 0.0622 e. The minimum Gasteiger partial charge on any atom is -0.378 e. The first-order chi connectivity index (χ1) is 8.86. The third kappa shape index (κ3) is 3.46. The van der Waals surface area contributed by atoms with Gasteiger partial charge in [0.1, 0.15) is 0 Å². The summed E-state index contributed by atoms with van der Waals surface area (Å²) in [4.78, 5) is 2.67. The first kappa shape index (κ1) is 14.3. The Morgan fingerprint density at radius 1 is 1.22 bits per heavy atom. The summed E-state index contributed by atoms with van der Waals surface area (Å²) in [5.74, 6) is 0.824. The maximum atomic E-state index is 6.12. The summed E-state index contributed by atoms with van der Waals surface area (Å²) in [6, 6.07) is 1.19. The molecule has 0 radical (unpaired) electrons. The quantitative estimate of drug-likeness (QED) is 0.783. The molecule has 0 aromatic rings. The Balaban J connectivity index is 2.00. The van der Waals surface area contributed by atoms with Crippen molar-refractivity contribution in [1.29, 1.82) is 0 Å². The molecule has 2 fully saturated rings. The molecule has 0 amide bonds. The van der Waals surface area contributed by atoms with Gasteiger partial charge in [-0.2, -0.15) is 0 Å². The van der Waals surface area contributed by atoms with Gasteiger partial charge in [0.2, 0.25) is 0 Å². The van der Waals surface area contributed by atoms with Gasteiger partial charge in [-0.15, -0.1) is 0 Å². The van der Waals surface area contributed by atoms with Crippen molar-refractivity contribution in [2.45, 2.75) is 64.0 Å². The normalized spacial score (nSPS) is 30.0. The molecule has 2 atom stereocenters. The van der Waals surface area contributed by atoms with Crippen LogP contribution in [0.3, 0.4) is 0 Å². The van der Waals surface area contributed by atoms with Gasteiger partial charge in [-0.05, 0) is 25.2 Å². The fraction of sp³-hybridized carbons (Fsp3) is 1.00. The Morgan fingerprint density at radius 2 is 1.94 bits per heavy atom. The predicted octanol–water partition coefficient (Wildman–Crippen LogP) is 2.39. The molecule has 2 aliphatic rings. The van der Waals surface area contributed by atoms with E-state index in [0.717, 1.165) is 32.2 Å². The van der Waals surface area contributed by atoms with Crippen LogP contribution in [0.15, 0.2) is 0 Å². The Bertz CT molecular complexity index is 227. The average molecular weight is 254 g/mol. The van der Waals surface area contributed by atoms with E-state index in [1.165, 1.54) is 44.9 Å². The van der Waals surface area contributed by atoms with Gasteiger partial charge in [-0.3, -0.25) is 4.90 Å². The van der Waals surface area contributed by atoms with Crippen LogP contribution in [0.25, 0.3) is 0 Å². The van der Waals surface area contributed by atoms with Gasteiger partial charge in [0, 0.05) is 25.2 Å². The van der Waals surface area contributed by atoms with E-state index >= 15 is 0 Å². The second-order valence-corrected chi connectivity index (χ2v) is 5.93. The van der Waals surface area contributed by atoms with Gasteiger partial charge in [-0.1, -0.05) is 32.6 Å². The minimum absolute atomic E-state index is 0.593. The van der Waals surface area contributed by atoms with Crippen molar-refractivity contribution in [2.24, 2.45) is 11.7 Å². The average Bonchev–Trinajstić information content (AvgIpc) is 2.69. The summed E-state index contributed by atoms with van der Waals surface area (Å²) < 4.78 is 5.63. The van der Waals surface area contributed by atoms with Gasteiger partial charge >= 0.3 is 0 Å². The Kier molecular flexibility index (Phi) is 5.93. The number of hydrogen-bond acceptors (Lipinski definition) is 3. The SMILES string of the molecule is CCC1COCCN1C(CN)C1CCCCCC1. The third-order valence-electron chi connectivity index (χ3n) is 4.86. The maximum Gasteiger partial charge on any atom is 0.0622 e. The van der Waals surface area contributed by atoms with E-state index in [4.69, 9.17) is 10.5 Å². The zero-order valence-electron chi connectivity index (χ0n) is 11.9. The summed E-state index contributed by atoms with van der Waals surface area (Å²) in [5.41, 5.74) is 6.12. The molecule has 0 bridgehead atoms. The maximum absolute atomic E-state index is 6.12. The molecule has 106 valence electrons. The third-order valence-corrected chi connectivity index (χ3v) is 4.86. The summed E-state index contributed by atoms with van der Waals surface area (Å²) in [7, 11) is 0. The number of nitrogens with two attached hydrogens (primary N) is 1. The minimum atomic E-state index is 0.593. The van der Waals surface area contributed by atoms with Crippen LogP contribution in [-0.4, -0.2) is 43.3 Å². The molecule has 1 aliphatic heterocycles. The number of ether oxygens (including phenoxy) is 1. The highest BCUT2D eigenvalue weighted by atomic mass is 16.5. The van der Waals surface area contributed by atoms with E-state index in [1.54, 1.807) is 0 Å². The number of rotatable bonds is 4. The zero-order valence-corrected chi connectivity index (χ0v) is 11.9. The fourth-order valence-corrected chi connectivity index (χ4v) is 3.75. The molecule has 1 heterocycles. The van der Waals surface area contributed by atoms with E-state index in [2.05, 4.69) is 11.8 Å². The van der Waals surface area contributed by atoms with Gasteiger partial charge < -0.3 is 10.5 Å². The highest BCUT2D eigenvalue weighted by Gasteiger charge is 2.32.